The molecule has 2 N–H and O–H groups in total. The number of esters is 2. The number of ether oxygens (including phenoxy) is 8. The van der Waals surface area contributed by atoms with E-state index in [0.717, 1.165) is 56.0 Å². The molecule has 4 aliphatic heterocycles. The van der Waals surface area contributed by atoms with Gasteiger partial charge in [-0.3, -0.25) is 9.59 Å². The van der Waals surface area contributed by atoms with Gasteiger partial charge in [-0.25, -0.2) is 0 Å². The van der Waals surface area contributed by atoms with E-state index in [2.05, 4.69) is 62.4 Å². The summed E-state index contributed by atoms with van der Waals surface area (Å²) in [6.07, 6.45) is 2.58. The highest BCUT2D eigenvalue weighted by atomic mass is 35.5. The molecule has 2 spiro atoms. The van der Waals surface area contributed by atoms with Crippen molar-refractivity contribution in [3.8, 4) is 22.6 Å². The van der Waals surface area contributed by atoms with Crippen molar-refractivity contribution in [3.63, 3.8) is 0 Å². The van der Waals surface area contributed by atoms with Gasteiger partial charge in [-0.2, -0.15) is 0 Å². The van der Waals surface area contributed by atoms with Crippen LogP contribution in [0.5, 0.6) is 11.5 Å². The molecule has 4 heterocycles. The van der Waals surface area contributed by atoms with E-state index in [-0.39, 0.29) is 24.1 Å². The van der Waals surface area contributed by atoms with E-state index in [0.29, 0.717) is 88.7 Å². The predicted molar refractivity (Wildman–Crippen MR) is 284 cm³/mol. The molecule has 0 bridgehead atoms. The van der Waals surface area contributed by atoms with E-state index in [9.17, 15) is 9.59 Å². The van der Waals surface area contributed by atoms with Gasteiger partial charge in [0.1, 0.15) is 23.7 Å². The molecule has 0 aliphatic carbocycles. The normalized spacial score (nSPS) is 17.6. The zero-order valence-electron chi connectivity index (χ0n) is 43.1. The second-order valence-corrected chi connectivity index (χ2v) is 19.4. The van der Waals surface area contributed by atoms with Gasteiger partial charge in [0.25, 0.3) is 0 Å². The van der Waals surface area contributed by atoms with Crippen molar-refractivity contribution in [1.29, 1.82) is 0 Å². The summed E-state index contributed by atoms with van der Waals surface area (Å²) >= 11 is 6.16. The molecule has 388 valence electrons. The summed E-state index contributed by atoms with van der Waals surface area (Å²) in [6, 6.07) is 40.2. The minimum absolute atomic E-state index is 0.187. The van der Waals surface area contributed by atoms with Crippen molar-refractivity contribution in [2.75, 3.05) is 39.6 Å². The topological polar surface area (TPSA) is 148 Å². The fourth-order valence-corrected chi connectivity index (χ4v) is 10.5. The summed E-state index contributed by atoms with van der Waals surface area (Å²) in [6.45, 7) is 14.6. The van der Waals surface area contributed by atoms with Crippen LogP contribution in [0.25, 0.3) is 11.1 Å². The van der Waals surface area contributed by atoms with Gasteiger partial charge in [0.15, 0.2) is 0 Å². The maximum absolute atomic E-state index is 11.8. The molecule has 2 unspecified atom stereocenters. The fourth-order valence-electron chi connectivity index (χ4n) is 10.3. The van der Waals surface area contributed by atoms with Gasteiger partial charge in [-0.05, 0) is 147 Å². The van der Waals surface area contributed by atoms with Gasteiger partial charge in [-0.1, -0.05) is 102 Å². The average Bonchev–Trinajstić information content (AvgIpc) is 4.07. The maximum atomic E-state index is 11.8. The van der Waals surface area contributed by atoms with Crippen LogP contribution in [0.2, 0.25) is 5.02 Å². The number of carbonyl (C=O) groups is 2. The lowest BCUT2D eigenvalue weighted by atomic mass is 9.74. The molecule has 2 saturated heterocycles. The lowest BCUT2D eigenvalue weighted by molar-refractivity contribution is -0.195. The van der Waals surface area contributed by atoms with Crippen LogP contribution >= 0.6 is 11.6 Å². The molecule has 0 amide bonds. The monoisotopic (exact) mass is 1020 g/mol. The van der Waals surface area contributed by atoms with Gasteiger partial charge in [-0.15, -0.1) is 0 Å². The van der Waals surface area contributed by atoms with Crippen molar-refractivity contribution < 1.29 is 57.5 Å². The summed E-state index contributed by atoms with van der Waals surface area (Å²) in [5.41, 5.74) is 13.3. The Morgan fingerprint density at radius 3 is 1.45 bits per heavy atom. The highest BCUT2D eigenvalue weighted by Crippen LogP contribution is 2.51. The molecule has 12 nitrogen and oxygen atoms in total. The van der Waals surface area contributed by atoms with Crippen molar-refractivity contribution in [3.05, 3.63) is 182 Å². The smallest absolute Gasteiger partial charge is 0.485 e. The third-order valence-electron chi connectivity index (χ3n) is 13.8. The highest BCUT2D eigenvalue weighted by molar-refractivity contribution is 6.59. The summed E-state index contributed by atoms with van der Waals surface area (Å²) < 4.78 is 47.5. The Kier molecular flexibility index (Phi) is 18.0. The molecule has 2 atom stereocenters. The van der Waals surface area contributed by atoms with E-state index < -0.39 is 18.7 Å². The first-order valence-electron chi connectivity index (χ1n) is 25.5. The van der Waals surface area contributed by atoms with Crippen LogP contribution in [-0.4, -0.2) is 68.7 Å². The van der Waals surface area contributed by atoms with Crippen LogP contribution in [0.4, 0.5) is 0 Å². The van der Waals surface area contributed by atoms with Crippen LogP contribution in [0.3, 0.4) is 0 Å². The van der Waals surface area contributed by atoms with E-state index in [1.807, 2.05) is 100 Å². The number of aryl methyl sites for hydroxylation is 6. The van der Waals surface area contributed by atoms with E-state index in [4.69, 9.17) is 59.5 Å². The fraction of sp³-hybridized carbons (Fsp3) is 0.367. The lowest BCUT2D eigenvalue weighted by Crippen LogP contribution is -2.35. The number of fused-ring (bicyclic) bond motifs is 4. The predicted octanol–water partition coefficient (Wildman–Crippen LogP) is 10.7. The quantitative estimate of drug-likeness (QED) is 0.0888. The number of halogens is 1. The summed E-state index contributed by atoms with van der Waals surface area (Å²) in [7, 11) is -1.35. The molecule has 6 aromatic rings. The molecule has 74 heavy (non-hydrogen) atoms. The molecule has 10 rings (SSSR count). The Morgan fingerprint density at radius 1 is 0.581 bits per heavy atom. The number of carbonyl (C=O) groups excluding carboxylic acids is 2. The first kappa shape index (κ1) is 54.2. The van der Waals surface area contributed by atoms with Gasteiger partial charge >= 0.3 is 19.1 Å². The summed E-state index contributed by atoms with van der Waals surface area (Å²) in [5.74, 6) is -0.555. The molecular weight excluding hydrogens is 959 g/mol. The first-order valence-corrected chi connectivity index (χ1v) is 25.9. The molecule has 0 radical (unpaired) electrons. The Morgan fingerprint density at radius 2 is 1.01 bits per heavy atom. The van der Waals surface area contributed by atoms with Gasteiger partial charge in [0.2, 0.25) is 11.6 Å². The SMILES string of the molecule is CCOC(=O)CCc1ccc2c(c1)C1(CC(c3cccc(-c4c(C)cccc4C)c3)O2)OCCO1.CCOC(=O)CCc1ccc2c(c1)C1(CC(c3cccc(Cl)c3)O2)OCCO1.Cc1cccc(C)c1B(O)O. The van der Waals surface area contributed by atoms with Crippen LogP contribution in [0.1, 0.15) is 107 Å². The van der Waals surface area contributed by atoms with Crippen molar-refractivity contribution in [2.24, 2.45) is 0 Å². The summed E-state index contributed by atoms with van der Waals surface area (Å²) in [4.78, 5) is 23.5. The van der Waals surface area contributed by atoms with Crippen LogP contribution < -0.4 is 14.9 Å². The Bertz CT molecular complexity index is 2870. The first-order chi connectivity index (χ1) is 35.7. The maximum Gasteiger partial charge on any atom is 0.488 e. The zero-order chi connectivity index (χ0) is 52.4. The van der Waals surface area contributed by atoms with Gasteiger partial charge in [0, 0.05) is 30.7 Å². The van der Waals surface area contributed by atoms with E-state index >= 15 is 0 Å². The number of benzene rings is 6. The third kappa shape index (κ3) is 12.7. The van der Waals surface area contributed by atoms with Gasteiger partial charge in [0.05, 0.1) is 50.8 Å². The molecule has 2 fully saturated rings. The van der Waals surface area contributed by atoms with Crippen molar-refractivity contribution in [1.82, 2.24) is 0 Å². The van der Waals surface area contributed by atoms with Crippen molar-refractivity contribution >= 4 is 36.1 Å². The Hall–Kier alpha value is -6.03. The number of hydrogen-bond acceptors (Lipinski definition) is 12. The number of rotatable bonds is 12. The molecule has 4 aliphatic rings. The standard InChI is InChI=1S/C30H32O5.C22H23ClO5.C8H11BO2/c1-4-32-28(31)14-12-22-11-13-26-25(17-22)30(33-15-16-34-30)19-27(35-26)23-9-6-10-24(18-23)29-20(2)7-5-8-21(29)3;1-2-25-21(24)9-7-15-6-8-19-18(12-15)22(26-10-11-27-22)14-20(28-19)16-4-3-5-17(23)13-16;1-6-4-3-5-7(2)8(6)9(10)11/h5-11,13,17-18,27H,4,12,14-16,19H2,1-3H3;3-6,8,12-13,20H,2,7,9-11,14H2,1H3;3-5,10-11H,1-2H3. The largest absolute Gasteiger partial charge is 0.488 e. The summed E-state index contributed by atoms with van der Waals surface area (Å²) in [5, 5.41) is 18.6. The molecule has 14 heteroatoms. The van der Waals surface area contributed by atoms with Gasteiger partial charge < -0.3 is 47.9 Å². The number of hydrogen-bond donors (Lipinski definition) is 2. The molecular formula is C60H66BClO12. The Labute approximate surface area is 439 Å². The molecule has 6 aromatic carbocycles. The highest BCUT2D eigenvalue weighted by Gasteiger charge is 2.49. The van der Waals surface area contributed by atoms with E-state index in [1.165, 1.54) is 22.3 Å². The van der Waals surface area contributed by atoms with Crippen molar-refractivity contribution in [2.45, 2.75) is 104 Å². The Balaban J connectivity index is 0.000000166. The molecule has 0 aromatic heterocycles. The third-order valence-corrected chi connectivity index (χ3v) is 14.0. The van der Waals surface area contributed by atoms with Crippen LogP contribution in [0.15, 0.2) is 121 Å². The zero-order valence-corrected chi connectivity index (χ0v) is 43.9. The second-order valence-electron chi connectivity index (χ2n) is 18.9. The lowest BCUT2D eigenvalue weighted by Gasteiger charge is -2.38. The second kappa shape index (κ2) is 24.5. The minimum Gasteiger partial charge on any atom is -0.485 e. The van der Waals surface area contributed by atoms with E-state index in [1.54, 1.807) is 0 Å². The average molecular weight is 1030 g/mol. The minimum atomic E-state index is -1.35. The van der Waals surface area contributed by atoms with Crippen LogP contribution in [0, 0.1) is 27.7 Å². The molecule has 0 saturated carbocycles. The van der Waals surface area contributed by atoms with Crippen LogP contribution in [-0.2, 0) is 62.4 Å².